The average molecular weight is 346 g/mol. The molecule has 0 spiro atoms. The van der Waals surface area contributed by atoms with Crippen LogP contribution in [0.25, 0.3) is 33.7 Å². The SMILES string of the molecule is c1ccc2c(-c3noc(-c4cn(C[C@@H]5CCCN5)nn4)n3)cccc2c1. The molecule has 1 aliphatic rings. The van der Waals surface area contributed by atoms with Crippen molar-refractivity contribution in [3.05, 3.63) is 48.7 Å². The molecule has 1 atom stereocenters. The van der Waals surface area contributed by atoms with Crippen LogP contribution in [0.1, 0.15) is 12.8 Å². The van der Waals surface area contributed by atoms with Crippen molar-refractivity contribution in [3.8, 4) is 23.0 Å². The molecule has 2 aromatic heterocycles. The maximum absolute atomic E-state index is 5.44. The van der Waals surface area contributed by atoms with Crippen LogP contribution in [-0.4, -0.2) is 37.7 Å². The van der Waals surface area contributed by atoms with E-state index in [1.807, 2.05) is 35.1 Å². The Morgan fingerprint density at radius 3 is 3.00 bits per heavy atom. The summed E-state index contributed by atoms with van der Waals surface area (Å²) in [6.07, 6.45) is 4.24. The summed E-state index contributed by atoms with van der Waals surface area (Å²) < 4.78 is 7.28. The zero-order chi connectivity index (χ0) is 17.3. The first-order valence-electron chi connectivity index (χ1n) is 8.82. The van der Waals surface area contributed by atoms with Gasteiger partial charge in [-0.3, -0.25) is 4.68 Å². The molecule has 7 heteroatoms. The fourth-order valence-electron chi connectivity index (χ4n) is 3.48. The molecule has 0 aliphatic carbocycles. The second-order valence-electron chi connectivity index (χ2n) is 6.57. The summed E-state index contributed by atoms with van der Waals surface area (Å²) in [4.78, 5) is 4.54. The van der Waals surface area contributed by atoms with Crippen LogP contribution in [0.4, 0.5) is 0 Å². The van der Waals surface area contributed by atoms with Crippen LogP contribution in [0.2, 0.25) is 0 Å². The molecule has 4 aromatic rings. The van der Waals surface area contributed by atoms with E-state index in [0.717, 1.165) is 29.4 Å². The smallest absolute Gasteiger partial charge is 0.280 e. The van der Waals surface area contributed by atoms with E-state index in [-0.39, 0.29) is 0 Å². The molecular weight excluding hydrogens is 328 g/mol. The predicted octanol–water partition coefficient (Wildman–Crippen LogP) is 2.90. The molecule has 2 aromatic carbocycles. The molecule has 1 fully saturated rings. The van der Waals surface area contributed by atoms with Crippen molar-refractivity contribution >= 4 is 10.8 Å². The molecule has 1 N–H and O–H groups in total. The van der Waals surface area contributed by atoms with Gasteiger partial charge < -0.3 is 9.84 Å². The van der Waals surface area contributed by atoms with Gasteiger partial charge in [0.2, 0.25) is 5.82 Å². The van der Waals surface area contributed by atoms with Crippen molar-refractivity contribution in [1.82, 2.24) is 30.5 Å². The van der Waals surface area contributed by atoms with E-state index in [2.05, 4.69) is 44.0 Å². The van der Waals surface area contributed by atoms with E-state index >= 15 is 0 Å². The summed E-state index contributed by atoms with van der Waals surface area (Å²) in [5, 5.41) is 18.2. The third-order valence-electron chi connectivity index (χ3n) is 4.78. The molecule has 0 saturated carbocycles. The van der Waals surface area contributed by atoms with Crippen LogP contribution >= 0.6 is 0 Å². The lowest BCUT2D eigenvalue weighted by atomic mass is 10.0. The number of aromatic nitrogens is 5. The molecule has 0 unspecified atom stereocenters. The van der Waals surface area contributed by atoms with Crippen molar-refractivity contribution in [1.29, 1.82) is 0 Å². The zero-order valence-corrected chi connectivity index (χ0v) is 14.2. The Kier molecular flexibility index (Phi) is 3.71. The minimum Gasteiger partial charge on any atom is -0.332 e. The minimum absolute atomic E-state index is 0.388. The normalized spacial score (nSPS) is 17.2. The molecule has 5 rings (SSSR count). The Morgan fingerprint density at radius 2 is 2.08 bits per heavy atom. The number of nitrogens with zero attached hydrogens (tertiary/aromatic N) is 5. The summed E-state index contributed by atoms with van der Waals surface area (Å²) in [7, 11) is 0. The summed E-state index contributed by atoms with van der Waals surface area (Å²) in [5.74, 6) is 0.947. The van der Waals surface area contributed by atoms with Gasteiger partial charge in [-0.25, -0.2) is 0 Å². The van der Waals surface area contributed by atoms with Gasteiger partial charge >= 0.3 is 0 Å². The molecule has 0 bridgehead atoms. The maximum atomic E-state index is 5.44. The quantitative estimate of drug-likeness (QED) is 0.612. The van der Waals surface area contributed by atoms with Gasteiger partial charge in [-0.15, -0.1) is 5.10 Å². The number of hydrogen-bond donors (Lipinski definition) is 1. The molecular formula is C19H18N6O. The van der Waals surface area contributed by atoms with E-state index in [4.69, 9.17) is 4.52 Å². The second-order valence-corrected chi connectivity index (χ2v) is 6.57. The molecule has 1 aliphatic heterocycles. The number of rotatable bonds is 4. The Bertz CT molecular complexity index is 1040. The van der Waals surface area contributed by atoms with Crippen molar-refractivity contribution in [2.24, 2.45) is 0 Å². The Morgan fingerprint density at radius 1 is 1.15 bits per heavy atom. The van der Waals surface area contributed by atoms with E-state index in [1.165, 1.54) is 12.8 Å². The first-order valence-corrected chi connectivity index (χ1v) is 8.82. The van der Waals surface area contributed by atoms with Crippen LogP contribution in [-0.2, 0) is 6.54 Å². The number of fused-ring (bicyclic) bond motifs is 1. The summed E-state index contributed by atoms with van der Waals surface area (Å²) in [6.45, 7) is 1.88. The molecule has 0 amide bonds. The molecule has 0 radical (unpaired) electrons. The van der Waals surface area contributed by atoms with Gasteiger partial charge in [-0.05, 0) is 30.2 Å². The van der Waals surface area contributed by atoms with Crippen LogP contribution in [0.5, 0.6) is 0 Å². The third-order valence-corrected chi connectivity index (χ3v) is 4.78. The van der Waals surface area contributed by atoms with E-state index in [0.29, 0.717) is 23.5 Å². The van der Waals surface area contributed by atoms with Crippen LogP contribution < -0.4 is 5.32 Å². The van der Waals surface area contributed by atoms with E-state index < -0.39 is 0 Å². The van der Waals surface area contributed by atoms with Gasteiger partial charge in [0, 0.05) is 11.6 Å². The molecule has 26 heavy (non-hydrogen) atoms. The monoisotopic (exact) mass is 346 g/mol. The highest BCUT2D eigenvalue weighted by Gasteiger charge is 2.18. The summed E-state index contributed by atoms with van der Waals surface area (Å²) in [5.41, 5.74) is 1.54. The Balaban J connectivity index is 1.44. The number of benzene rings is 2. The van der Waals surface area contributed by atoms with Gasteiger partial charge in [0.15, 0.2) is 5.69 Å². The van der Waals surface area contributed by atoms with Crippen molar-refractivity contribution < 1.29 is 4.52 Å². The maximum Gasteiger partial charge on any atom is 0.280 e. The average Bonchev–Trinajstić information content (AvgIpc) is 3.43. The van der Waals surface area contributed by atoms with Gasteiger partial charge in [0.1, 0.15) is 0 Å². The largest absolute Gasteiger partial charge is 0.332 e. The zero-order valence-electron chi connectivity index (χ0n) is 14.2. The lowest BCUT2D eigenvalue weighted by molar-refractivity contribution is 0.431. The molecule has 7 nitrogen and oxygen atoms in total. The highest BCUT2D eigenvalue weighted by Crippen LogP contribution is 2.28. The van der Waals surface area contributed by atoms with Crippen LogP contribution in [0.15, 0.2) is 53.2 Å². The molecule has 130 valence electrons. The Hall–Kier alpha value is -3.06. The standard InChI is InChI=1S/C19H18N6O/c1-2-8-15-13(5-1)6-3-9-16(15)18-21-19(26-23-18)17-12-25(24-22-17)11-14-7-4-10-20-14/h1-3,5-6,8-9,12,14,20H,4,7,10-11H2/t14-/m0/s1. The van der Waals surface area contributed by atoms with Crippen LogP contribution in [0.3, 0.4) is 0 Å². The van der Waals surface area contributed by atoms with Gasteiger partial charge in [-0.2, -0.15) is 4.98 Å². The second kappa shape index (κ2) is 6.34. The topological polar surface area (TPSA) is 81.7 Å². The predicted molar refractivity (Wildman–Crippen MR) is 97.3 cm³/mol. The fourth-order valence-corrected chi connectivity index (χ4v) is 3.48. The number of nitrogens with one attached hydrogen (secondary N) is 1. The fraction of sp³-hybridized carbons (Fsp3) is 0.263. The van der Waals surface area contributed by atoms with Crippen LogP contribution in [0, 0.1) is 0 Å². The molecule has 1 saturated heterocycles. The van der Waals surface area contributed by atoms with Crippen molar-refractivity contribution in [3.63, 3.8) is 0 Å². The minimum atomic E-state index is 0.388. The lowest BCUT2D eigenvalue weighted by Gasteiger charge is -2.08. The summed E-state index contributed by atoms with van der Waals surface area (Å²) >= 11 is 0. The number of hydrogen-bond acceptors (Lipinski definition) is 6. The first kappa shape index (κ1) is 15.2. The highest BCUT2D eigenvalue weighted by atomic mass is 16.5. The first-order chi connectivity index (χ1) is 12.9. The van der Waals surface area contributed by atoms with Crippen molar-refractivity contribution in [2.75, 3.05) is 6.54 Å². The lowest BCUT2D eigenvalue weighted by Crippen LogP contribution is -2.26. The summed E-state index contributed by atoms with van der Waals surface area (Å²) in [6, 6.07) is 14.7. The van der Waals surface area contributed by atoms with Gasteiger partial charge in [0.25, 0.3) is 5.89 Å². The van der Waals surface area contributed by atoms with Gasteiger partial charge in [-0.1, -0.05) is 52.8 Å². The van der Waals surface area contributed by atoms with E-state index in [9.17, 15) is 0 Å². The highest BCUT2D eigenvalue weighted by molar-refractivity contribution is 5.95. The Labute approximate surface area is 150 Å². The van der Waals surface area contributed by atoms with E-state index in [1.54, 1.807) is 0 Å². The third kappa shape index (κ3) is 2.76. The van der Waals surface area contributed by atoms with Crippen molar-refractivity contribution in [2.45, 2.75) is 25.4 Å². The molecule has 3 heterocycles. The van der Waals surface area contributed by atoms with Gasteiger partial charge in [0.05, 0.1) is 12.7 Å².